The van der Waals surface area contributed by atoms with Crippen molar-refractivity contribution in [3.8, 4) is 5.75 Å². The number of nitrogens with one attached hydrogen (secondary N) is 2. The van der Waals surface area contributed by atoms with Crippen molar-refractivity contribution in [1.82, 2.24) is 5.32 Å². The molecule has 0 aliphatic heterocycles. The van der Waals surface area contributed by atoms with Gasteiger partial charge in [0.2, 0.25) is 5.91 Å². The second-order valence-electron chi connectivity index (χ2n) is 5.26. The van der Waals surface area contributed by atoms with E-state index in [1.807, 2.05) is 13.0 Å². The molecule has 138 valence electrons. The fraction of sp³-hybridized carbons (Fsp3) is 0.176. The van der Waals surface area contributed by atoms with Crippen LogP contribution < -0.4 is 15.4 Å². The van der Waals surface area contributed by atoms with E-state index in [2.05, 4.69) is 31.3 Å². The highest BCUT2D eigenvalue weighted by molar-refractivity contribution is 9.10. The van der Waals surface area contributed by atoms with Crippen molar-refractivity contribution in [2.24, 2.45) is 0 Å². The molecule has 0 saturated heterocycles. The first-order valence-corrected chi connectivity index (χ1v) is 8.13. The van der Waals surface area contributed by atoms with Gasteiger partial charge in [0.05, 0.1) is 6.54 Å². The van der Waals surface area contributed by atoms with E-state index in [0.29, 0.717) is 5.69 Å². The summed E-state index contributed by atoms with van der Waals surface area (Å²) in [6.45, 7) is 1.54. The molecule has 0 fully saturated rings. The molecule has 2 aromatic rings. The van der Waals surface area contributed by atoms with Crippen LogP contribution in [0.4, 0.5) is 18.9 Å². The van der Waals surface area contributed by atoms with Crippen LogP contribution in [0, 0.1) is 6.92 Å². The first-order chi connectivity index (χ1) is 12.1. The number of carbonyl (C=O) groups excluding carboxylic acids is 2. The van der Waals surface area contributed by atoms with Gasteiger partial charge in [-0.15, -0.1) is 13.2 Å². The molecule has 0 aliphatic rings. The predicted octanol–water partition coefficient (Wildman–Crippen LogP) is 4.02. The second kappa shape index (κ2) is 8.22. The van der Waals surface area contributed by atoms with Crippen molar-refractivity contribution in [3.63, 3.8) is 0 Å². The third kappa shape index (κ3) is 6.07. The van der Waals surface area contributed by atoms with Gasteiger partial charge in [-0.3, -0.25) is 9.59 Å². The third-order valence-electron chi connectivity index (χ3n) is 3.22. The zero-order valence-electron chi connectivity index (χ0n) is 13.5. The maximum absolute atomic E-state index is 12.1. The van der Waals surface area contributed by atoms with E-state index in [9.17, 15) is 22.8 Å². The van der Waals surface area contributed by atoms with Crippen molar-refractivity contribution in [3.05, 3.63) is 58.1 Å². The Bertz CT molecular complexity index is 808. The smallest absolute Gasteiger partial charge is 0.406 e. The number of hydrogen-bond acceptors (Lipinski definition) is 3. The molecule has 9 heteroatoms. The molecule has 26 heavy (non-hydrogen) atoms. The largest absolute Gasteiger partial charge is 0.573 e. The molecule has 2 amide bonds. The molecule has 0 aromatic heterocycles. The van der Waals surface area contributed by atoms with Gasteiger partial charge in [-0.25, -0.2) is 0 Å². The Morgan fingerprint density at radius 3 is 2.35 bits per heavy atom. The summed E-state index contributed by atoms with van der Waals surface area (Å²) < 4.78 is 40.9. The number of halogens is 4. The standard InChI is InChI=1S/C17H14BrF3N2O3/c1-10-8-12(18)4-7-14(10)23-15(24)9-22-16(25)11-2-5-13(6-3-11)26-17(19,20)21/h2-8H,9H2,1H3,(H,22,25)(H,23,24). The molecule has 0 aliphatic carbocycles. The van der Waals surface area contributed by atoms with Crippen molar-refractivity contribution >= 4 is 33.4 Å². The van der Waals surface area contributed by atoms with Crippen LogP contribution in [-0.4, -0.2) is 24.7 Å². The molecular weight excluding hydrogens is 417 g/mol. The van der Waals surface area contributed by atoms with Gasteiger partial charge >= 0.3 is 6.36 Å². The van der Waals surface area contributed by atoms with Gasteiger partial charge in [0.15, 0.2) is 0 Å². The molecule has 0 heterocycles. The lowest BCUT2D eigenvalue weighted by molar-refractivity contribution is -0.274. The molecule has 0 atom stereocenters. The molecule has 5 nitrogen and oxygen atoms in total. The van der Waals surface area contributed by atoms with Crippen LogP contribution in [-0.2, 0) is 4.79 Å². The number of anilines is 1. The maximum Gasteiger partial charge on any atom is 0.573 e. The predicted molar refractivity (Wildman–Crippen MR) is 93.0 cm³/mol. The number of benzene rings is 2. The number of carbonyl (C=O) groups is 2. The van der Waals surface area contributed by atoms with Gasteiger partial charge in [0.25, 0.3) is 5.91 Å². The number of aryl methyl sites for hydroxylation is 1. The zero-order chi connectivity index (χ0) is 19.3. The lowest BCUT2D eigenvalue weighted by Gasteiger charge is -2.10. The van der Waals surface area contributed by atoms with Crippen LogP contribution >= 0.6 is 15.9 Å². The van der Waals surface area contributed by atoms with Crippen LogP contribution in [0.25, 0.3) is 0 Å². The Kier molecular flexibility index (Phi) is 6.25. The Morgan fingerprint density at radius 1 is 1.12 bits per heavy atom. The van der Waals surface area contributed by atoms with Crippen molar-refractivity contribution < 1.29 is 27.5 Å². The Morgan fingerprint density at radius 2 is 1.77 bits per heavy atom. The minimum absolute atomic E-state index is 0.104. The minimum atomic E-state index is -4.80. The summed E-state index contributed by atoms with van der Waals surface area (Å²) in [6, 6.07) is 9.71. The fourth-order valence-corrected chi connectivity index (χ4v) is 2.51. The van der Waals surface area contributed by atoms with Crippen molar-refractivity contribution in [1.29, 1.82) is 0 Å². The highest BCUT2D eigenvalue weighted by Crippen LogP contribution is 2.23. The van der Waals surface area contributed by atoms with Crippen LogP contribution in [0.15, 0.2) is 46.9 Å². The molecular formula is C17H14BrF3N2O3. The molecule has 0 spiro atoms. The minimum Gasteiger partial charge on any atom is -0.406 e. The number of rotatable bonds is 5. The van der Waals surface area contributed by atoms with E-state index in [1.165, 1.54) is 12.1 Å². The Balaban J connectivity index is 1.88. The highest BCUT2D eigenvalue weighted by Gasteiger charge is 2.31. The molecule has 0 saturated carbocycles. The highest BCUT2D eigenvalue weighted by atomic mass is 79.9. The summed E-state index contributed by atoms with van der Waals surface area (Å²) in [5.41, 5.74) is 1.56. The Hall–Kier alpha value is -2.55. The average molecular weight is 431 g/mol. The average Bonchev–Trinajstić information content (AvgIpc) is 2.54. The zero-order valence-corrected chi connectivity index (χ0v) is 15.1. The summed E-state index contributed by atoms with van der Waals surface area (Å²) in [4.78, 5) is 23.9. The second-order valence-corrected chi connectivity index (χ2v) is 6.18. The summed E-state index contributed by atoms with van der Waals surface area (Å²) >= 11 is 3.32. The molecule has 0 bridgehead atoms. The topological polar surface area (TPSA) is 67.4 Å². The summed E-state index contributed by atoms with van der Waals surface area (Å²) in [6.07, 6.45) is -4.80. The third-order valence-corrected chi connectivity index (χ3v) is 3.72. The normalized spacial score (nSPS) is 11.0. The molecule has 2 rings (SSSR count). The van der Waals surface area contributed by atoms with E-state index in [1.54, 1.807) is 12.1 Å². The van der Waals surface area contributed by atoms with Gasteiger partial charge < -0.3 is 15.4 Å². The van der Waals surface area contributed by atoms with Gasteiger partial charge in [-0.2, -0.15) is 0 Å². The van der Waals surface area contributed by atoms with E-state index < -0.39 is 23.9 Å². The SMILES string of the molecule is Cc1cc(Br)ccc1NC(=O)CNC(=O)c1ccc(OC(F)(F)F)cc1. The Labute approximate surface area is 155 Å². The van der Waals surface area contributed by atoms with Crippen LogP contribution in [0.2, 0.25) is 0 Å². The van der Waals surface area contributed by atoms with Crippen molar-refractivity contribution in [2.45, 2.75) is 13.3 Å². The van der Waals surface area contributed by atoms with Gasteiger partial charge in [-0.1, -0.05) is 15.9 Å². The number of alkyl halides is 3. The molecule has 0 radical (unpaired) electrons. The van der Waals surface area contributed by atoms with Crippen LogP contribution in [0.5, 0.6) is 5.75 Å². The summed E-state index contributed by atoms with van der Waals surface area (Å²) in [5.74, 6) is -1.45. The van der Waals surface area contributed by atoms with E-state index in [4.69, 9.17) is 0 Å². The van der Waals surface area contributed by atoms with E-state index in [-0.39, 0.29) is 12.1 Å². The number of amides is 2. The quantitative estimate of drug-likeness (QED) is 0.752. The monoisotopic (exact) mass is 430 g/mol. The lowest BCUT2D eigenvalue weighted by Crippen LogP contribution is -2.33. The molecule has 0 unspecified atom stereocenters. The first-order valence-electron chi connectivity index (χ1n) is 7.34. The first kappa shape index (κ1) is 19.8. The molecule has 2 aromatic carbocycles. The van der Waals surface area contributed by atoms with Gasteiger partial charge in [-0.05, 0) is 55.0 Å². The number of hydrogen-bond donors (Lipinski definition) is 2. The molecule has 2 N–H and O–H groups in total. The van der Waals surface area contributed by atoms with Crippen LogP contribution in [0.1, 0.15) is 15.9 Å². The summed E-state index contributed by atoms with van der Waals surface area (Å²) in [7, 11) is 0. The lowest BCUT2D eigenvalue weighted by atomic mass is 10.2. The fourth-order valence-electron chi connectivity index (χ4n) is 2.03. The van der Waals surface area contributed by atoms with Crippen molar-refractivity contribution in [2.75, 3.05) is 11.9 Å². The van der Waals surface area contributed by atoms with Gasteiger partial charge in [0.1, 0.15) is 5.75 Å². The van der Waals surface area contributed by atoms with E-state index >= 15 is 0 Å². The van der Waals surface area contributed by atoms with E-state index in [0.717, 1.165) is 22.2 Å². The van der Waals surface area contributed by atoms with Crippen LogP contribution in [0.3, 0.4) is 0 Å². The van der Waals surface area contributed by atoms with Gasteiger partial charge in [0, 0.05) is 15.7 Å². The number of ether oxygens (including phenoxy) is 1. The maximum atomic E-state index is 12.1. The summed E-state index contributed by atoms with van der Waals surface area (Å²) in [5, 5.41) is 5.05.